The summed E-state index contributed by atoms with van der Waals surface area (Å²) in [4.78, 5) is 0. The van der Waals surface area contributed by atoms with Crippen LogP contribution in [0.4, 0.5) is 0 Å². The SMILES string of the molecule is NCC(CO)(CC1CC1)CC1CCCO1. The molecule has 1 heterocycles. The van der Waals surface area contributed by atoms with Gasteiger partial charge in [-0.05, 0) is 31.6 Å². The van der Waals surface area contributed by atoms with Crippen molar-refractivity contribution in [3.05, 3.63) is 0 Å². The molecular weight excluding hydrogens is 190 g/mol. The highest BCUT2D eigenvalue weighted by Gasteiger charge is 2.38. The topological polar surface area (TPSA) is 55.5 Å². The van der Waals surface area contributed by atoms with Crippen LogP contribution < -0.4 is 5.73 Å². The third-order valence-electron chi connectivity index (χ3n) is 3.87. The largest absolute Gasteiger partial charge is 0.396 e. The van der Waals surface area contributed by atoms with E-state index in [1.807, 2.05) is 0 Å². The molecule has 2 rings (SSSR count). The summed E-state index contributed by atoms with van der Waals surface area (Å²) in [6, 6.07) is 0. The Balaban J connectivity index is 1.89. The highest BCUT2D eigenvalue weighted by atomic mass is 16.5. The fraction of sp³-hybridized carbons (Fsp3) is 1.00. The van der Waals surface area contributed by atoms with E-state index in [4.69, 9.17) is 10.5 Å². The van der Waals surface area contributed by atoms with E-state index in [1.165, 1.54) is 19.3 Å². The first-order chi connectivity index (χ1) is 7.28. The first kappa shape index (κ1) is 11.4. The molecule has 1 aliphatic carbocycles. The highest BCUT2D eigenvalue weighted by molar-refractivity contribution is 4.90. The Labute approximate surface area is 92.0 Å². The van der Waals surface area contributed by atoms with Crippen molar-refractivity contribution in [2.24, 2.45) is 17.1 Å². The lowest BCUT2D eigenvalue weighted by Gasteiger charge is -2.32. The van der Waals surface area contributed by atoms with E-state index in [1.54, 1.807) is 0 Å². The molecule has 0 aromatic carbocycles. The van der Waals surface area contributed by atoms with Crippen LogP contribution in [0.25, 0.3) is 0 Å². The van der Waals surface area contributed by atoms with E-state index in [0.717, 1.165) is 31.8 Å². The molecule has 3 nitrogen and oxygen atoms in total. The number of hydrogen-bond donors (Lipinski definition) is 2. The molecule has 0 amide bonds. The number of ether oxygens (including phenoxy) is 1. The fourth-order valence-corrected chi connectivity index (χ4v) is 2.67. The molecule has 0 aromatic rings. The van der Waals surface area contributed by atoms with Crippen LogP contribution >= 0.6 is 0 Å². The van der Waals surface area contributed by atoms with Crippen LogP contribution in [0.1, 0.15) is 38.5 Å². The van der Waals surface area contributed by atoms with E-state index < -0.39 is 0 Å². The highest BCUT2D eigenvalue weighted by Crippen LogP contribution is 2.43. The van der Waals surface area contributed by atoms with Crippen LogP contribution in [0.3, 0.4) is 0 Å². The Morgan fingerprint density at radius 2 is 2.07 bits per heavy atom. The molecule has 3 heteroatoms. The Morgan fingerprint density at radius 3 is 2.53 bits per heavy atom. The van der Waals surface area contributed by atoms with Crippen molar-refractivity contribution in [2.75, 3.05) is 19.8 Å². The number of hydrogen-bond acceptors (Lipinski definition) is 3. The van der Waals surface area contributed by atoms with Crippen LogP contribution in [0, 0.1) is 11.3 Å². The summed E-state index contributed by atoms with van der Waals surface area (Å²) in [6.45, 7) is 1.71. The average Bonchev–Trinajstić information content (AvgIpc) is 2.92. The molecule has 15 heavy (non-hydrogen) atoms. The van der Waals surface area contributed by atoms with Gasteiger partial charge in [-0.2, -0.15) is 0 Å². The predicted octanol–water partition coefficient (Wildman–Crippen LogP) is 1.29. The maximum absolute atomic E-state index is 9.58. The van der Waals surface area contributed by atoms with Crippen molar-refractivity contribution in [3.63, 3.8) is 0 Å². The summed E-state index contributed by atoms with van der Waals surface area (Å²) in [7, 11) is 0. The summed E-state index contributed by atoms with van der Waals surface area (Å²) in [5.74, 6) is 0.821. The van der Waals surface area contributed by atoms with E-state index in [0.29, 0.717) is 12.6 Å². The second kappa shape index (κ2) is 4.81. The Bertz CT molecular complexity index is 194. The van der Waals surface area contributed by atoms with E-state index in [2.05, 4.69) is 0 Å². The quantitative estimate of drug-likeness (QED) is 0.699. The molecule has 0 spiro atoms. The zero-order valence-corrected chi connectivity index (χ0v) is 9.45. The number of aliphatic hydroxyl groups excluding tert-OH is 1. The average molecular weight is 213 g/mol. The monoisotopic (exact) mass is 213 g/mol. The lowest BCUT2D eigenvalue weighted by Crippen LogP contribution is -2.38. The van der Waals surface area contributed by atoms with Gasteiger partial charge in [-0.15, -0.1) is 0 Å². The van der Waals surface area contributed by atoms with Gasteiger partial charge >= 0.3 is 0 Å². The molecule has 2 atom stereocenters. The van der Waals surface area contributed by atoms with Gasteiger partial charge in [0.1, 0.15) is 0 Å². The summed E-state index contributed by atoms with van der Waals surface area (Å²) >= 11 is 0. The van der Waals surface area contributed by atoms with Gasteiger partial charge in [0.2, 0.25) is 0 Å². The first-order valence-corrected chi connectivity index (χ1v) is 6.20. The van der Waals surface area contributed by atoms with Gasteiger partial charge in [-0.25, -0.2) is 0 Å². The van der Waals surface area contributed by atoms with Crippen molar-refractivity contribution < 1.29 is 9.84 Å². The molecule has 2 fully saturated rings. The van der Waals surface area contributed by atoms with E-state index >= 15 is 0 Å². The summed E-state index contributed by atoms with van der Waals surface area (Å²) in [5.41, 5.74) is 5.80. The van der Waals surface area contributed by atoms with Crippen LogP contribution in [0.2, 0.25) is 0 Å². The molecule has 2 aliphatic rings. The normalized spacial score (nSPS) is 30.4. The third kappa shape index (κ3) is 2.92. The van der Waals surface area contributed by atoms with Gasteiger partial charge in [0.15, 0.2) is 0 Å². The number of rotatable bonds is 6. The van der Waals surface area contributed by atoms with Crippen molar-refractivity contribution in [2.45, 2.75) is 44.6 Å². The number of nitrogens with two attached hydrogens (primary N) is 1. The Hall–Kier alpha value is -0.120. The Kier molecular flexibility index (Phi) is 3.65. The van der Waals surface area contributed by atoms with Crippen molar-refractivity contribution in [1.29, 1.82) is 0 Å². The van der Waals surface area contributed by atoms with Gasteiger partial charge in [-0.3, -0.25) is 0 Å². The summed E-state index contributed by atoms with van der Waals surface area (Å²) < 4.78 is 5.65. The lowest BCUT2D eigenvalue weighted by atomic mass is 9.78. The molecule has 0 bridgehead atoms. The van der Waals surface area contributed by atoms with E-state index in [-0.39, 0.29) is 12.0 Å². The van der Waals surface area contributed by atoms with Gasteiger partial charge < -0.3 is 15.6 Å². The third-order valence-corrected chi connectivity index (χ3v) is 3.87. The molecule has 2 unspecified atom stereocenters. The second-order valence-electron chi connectivity index (χ2n) is 5.35. The fourth-order valence-electron chi connectivity index (χ4n) is 2.67. The van der Waals surface area contributed by atoms with E-state index in [9.17, 15) is 5.11 Å². The van der Waals surface area contributed by atoms with Gasteiger partial charge in [0.05, 0.1) is 12.7 Å². The Morgan fingerprint density at radius 1 is 1.27 bits per heavy atom. The maximum atomic E-state index is 9.58. The maximum Gasteiger partial charge on any atom is 0.0582 e. The van der Waals surface area contributed by atoms with Crippen molar-refractivity contribution >= 4 is 0 Å². The number of aliphatic hydroxyl groups is 1. The first-order valence-electron chi connectivity index (χ1n) is 6.20. The minimum absolute atomic E-state index is 0.0594. The predicted molar refractivity (Wildman–Crippen MR) is 59.5 cm³/mol. The second-order valence-corrected chi connectivity index (χ2v) is 5.35. The molecule has 0 radical (unpaired) electrons. The lowest BCUT2D eigenvalue weighted by molar-refractivity contribution is 0.0270. The standard InChI is InChI=1S/C12H23NO2/c13-8-12(9-14,6-10-3-4-10)7-11-2-1-5-15-11/h10-11,14H,1-9,13H2. The van der Waals surface area contributed by atoms with Crippen LogP contribution in [-0.2, 0) is 4.74 Å². The molecule has 1 aliphatic heterocycles. The van der Waals surface area contributed by atoms with Gasteiger partial charge in [0, 0.05) is 18.6 Å². The summed E-state index contributed by atoms with van der Waals surface area (Å²) in [5, 5.41) is 9.58. The molecular formula is C12H23NO2. The molecule has 1 saturated heterocycles. The molecule has 0 aromatic heterocycles. The minimum Gasteiger partial charge on any atom is -0.396 e. The van der Waals surface area contributed by atoms with Crippen LogP contribution in [-0.4, -0.2) is 31.0 Å². The smallest absolute Gasteiger partial charge is 0.0582 e. The van der Waals surface area contributed by atoms with Gasteiger partial charge in [0.25, 0.3) is 0 Å². The van der Waals surface area contributed by atoms with Gasteiger partial charge in [-0.1, -0.05) is 12.8 Å². The van der Waals surface area contributed by atoms with Crippen LogP contribution in [0.5, 0.6) is 0 Å². The molecule has 88 valence electrons. The van der Waals surface area contributed by atoms with Crippen molar-refractivity contribution in [1.82, 2.24) is 0 Å². The zero-order chi connectivity index (χ0) is 10.7. The van der Waals surface area contributed by atoms with Crippen LogP contribution in [0.15, 0.2) is 0 Å². The molecule has 3 N–H and O–H groups in total. The minimum atomic E-state index is -0.0594. The summed E-state index contributed by atoms with van der Waals surface area (Å²) in [6.07, 6.45) is 7.36. The molecule has 1 saturated carbocycles. The van der Waals surface area contributed by atoms with Crippen molar-refractivity contribution in [3.8, 4) is 0 Å². The zero-order valence-electron chi connectivity index (χ0n) is 9.45.